The van der Waals surface area contributed by atoms with Crippen molar-refractivity contribution < 1.29 is 31.8 Å². The number of aliphatic carboxylic acids is 1. The largest absolute Gasteiger partial charge is 0.481 e. The van der Waals surface area contributed by atoms with Gasteiger partial charge in [0.1, 0.15) is 10.6 Å². The fourth-order valence-electron chi connectivity index (χ4n) is 2.69. The van der Waals surface area contributed by atoms with Crippen LogP contribution < -0.4 is 4.74 Å². The molecule has 0 radical (unpaired) electrons. The number of carboxylic acid groups (broad SMARTS) is 1. The summed E-state index contributed by atoms with van der Waals surface area (Å²) in [6.45, 7) is -1.62. The van der Waals surface area contributed by atoms with Gasteiger partial charge in [-0.05, 0) is 30.5 Å². The van der Waals surface area contributed by atoms with Gasteiger partial charge in [0.25, 0.3) is 0 Å². The molecule has 1 aliphatic heterocycles. The summed E-state index contributed by atoms with van der Waals surface area (Å²) in [6, 6.07) is 3.30. The minimum absolute atomic E-state index is 0.0371. The van der Waals surface area contributed by atoms with Crippen LogP contribution in [0.5, 0.6) is 5.75 Å². The molecule has 1 saturated heterocycles. The highest BCUT2D eigenvalue weighted by atomic mass is 35.5. The number of hydrogen-bond acceptors (Lipinski definition) is 4. The van der Waals surface area contributed by atoms with Crippen molar-refractivity contribution in [2.24, 2.45) is 11.8 Å². The van der Waals surface area contributed by atoms with E-state index < -0.39 is 39.2 Å². The summed E-state index contributed by atoms with van der Waals surface area (Å²) >= 11 is 5.79. The lowest BCUT2D eigenvalue weighted by Crippen LogP contribution is -2.45. The minimum atomic E-state index is -4.23. The van der Waals surface area contributed by atoms with E-state index in [2.05, 4.69) is 4.74 Å². The summed E-state index contributed by atoms with van der Waals surface area (Å²) in [5.74, 6) is -2.67. The number of halogens is 3. The Labute approximate surface area is 143 Å². The third-order valence-corrected chi connectivity index (χ3v) is 5.80. The van der Waals surface area contributed by atoms with E-state index >= 15 is 0 Å². The number of hydrogen-bond donors (Lipinski definition) is 1. The summed E-state index contributed by atoms with van der Waals surface area (Å²) in [5.41, 5.74) is 0. The molecule has 1 fully saturated rings. The summed E-state index contributed by atoms with van der Waals surface area (Å²) in [6.07, 6.45) is 0.345. The lowest BCUT2D eigenvalue weighted by molar-refractivity contribution is -0.143. The zero-order valence-corrected chi connectivity index (χ0v) is 14.2. The Kier molecular flexibility index (Phi) is 5.67. The van der Waals surface area contributed by atoms with Crippen LogP contribution in [0.25, 0.3) is 0 Å². The van der Waals surface area contributed by atoms with Crippen LogP contribution in [0.15, 0.2) is 23.1 Å². The number of carbonyl (C=O) groups is 1. The Balaban J connectivity index is 2.42. The quantitative estimate of drug-likeness (QED) is 0.845. The molecule has 6 nitrogen and oxygen atoms in total. The Morgan fingerprint density at radius 3 is 2.67 bits per heavy atom. The molecule has 1 aromatic carbocycles. The molecule has 0 amide bonds. The number of carboxylic acids is 1. The molecule has 24 heavy (non-hydrogen) atoms. The fourth-order valence-corrected chi connectivity index (χ4v) is 4.68. The average Bonchev–Trinajstić information content (AvgIpc) is 2.47. The van der Waals surface area contributed by atoms with Crippen molar-refractivity contribution in [1.82, 2.24) is 4.31 Å². The van der Waals surface area contributed by atoms with E-state index in [0.717, 1.165) is 16.4 Å². The lowest BCUT2D eigenvalue weighted by atomic mass is 9.92. The first-order chi connectivity index (χ1) is 11.1. The average molecular weight is 384 g/mol. The van der Waals surface area contributed by atoms with Gasteiger partial charge in [0, 0.05) is 18.1 Å². The van der Waals surface area contributed by atoms with Crippen molar-refractivity contribution in [2.75, 3.05) is 13.1 Å². The molecule has 2 atom stereocenters. The predicted molar refractivity (Wildman–Crippen MR) is 81.7 cm³/mol. The van der Waals surface area contributed by atoms with Crippen LogP contribution in [0.4, 0.5) is 8.78 Å². The van der Waals surface area contributed by atoms with Crippen molar-refractivity contribution in [2.45, 2.75) is 24.9 Å². The van der Waals surface area contributed by atoms with Crippen LogP contribution in [0.3, 0.4) is 0 Å². The molecule has 1 aliphatic rings. The normalized spacial score (nSPS) is 22.5. The topological polar surface area (TPSA) is 83.9 Å². The summed E-state index contributed by atoms with van der Waals surface area (Å²) in [5, 5.41) is 9.20. The van der Waals surface area contributed by atoms with Crippen molar-refractivity contribution >= 4 is 27.6 Å². The molecule has 0 aromatic heterocycles. The highest BCUT2D eigenvalue weighted by molar-refractivity contribution is 7.89. The van der Waals surface area contributed by atoms with Crippen molar-refractivity contribution in [3.8, 4) is 5.75 Å². The van der Waals surface area contributed by atoms with Gasteiger partial charge >= 0.3 is 12.6 Å². The lowest BCUT2D eigenvalue weighted by Gasteiger charge is -2.34. The smallest absolute Gasteiger partial charge is 0.387 e. The maximum atomic E-state index is 12.8. The second kappa shape index (κ2) is 7.20. The molecule has 0 aliphatic carbocycles. The van der Waals surface area contributed by atoms with Crippen LogP contribution >= 0.6 is 11.6 Å². The van der Waals surface area contributed by atoms with Gasteiger partial charge < -0.3 is 9.84 Å². The van der Waals surface area contributed by atoms with Gasteiger partial charge in [-0.15, -0.1) is 0 Å². The van der Waals surface area contributed by atoms with Crippen LogP contribution in [-0.4, -0.2) is 43.5 Å². The van der Waals surface area contributed by atoms with E-state index in [1.165, 1.54) is 6.07 Å². The third kappa shape index (κ3) is 4.14. The molecule has 1 heterocycles. The molecule has 1 aromatic rings. The predicted octanol–water partition coefficient (Wildman–Crippen LogP) is 2.67. The molecule has 0 spiro atoms. The number of sulfonamides is 1. The second-order valence-corrected chi connectivity index (χ2v) is 8.01. The highest BCUT2D eigenvalue weighted by Gasteiger charge is 2.37. The summed E-state index contributed by atoms with van der Waals surface area (Å²) in [7, 11) is -4.23. The minimum Gasteiger partial charge on any atom is -0.481 e. The van der Waals surface area contributed by atoms with Gasteiger partial charge in [-0.3, -0.25) is 4.79 Å². The van der Waals surface area contributed by atoms with E-state index in [4.69, 9.17) is 16.7 Å². The van der Waals surface area contributed by atoms with E-state index in [1.54, 1.807) is 6.92 Å². The first-order valence-electron chi connectivity index (χ1n) is 7.08. The Hall–Kier alpha value is -1.45. The van der Waals surface area contributed by atoms with E-state index in [-0.39, 0.29) is 24.0 Å². The summed E-state index contributed by atoms with van der Waals surface area (Å²) < 4.78 is 55.9. The number of piperidine rings is 1. The summed E-state index contributed by atoms with van der Waals surface area (Å²) in [4.78, 5) is 10.7. The zero-order chi connectivity index (χ0) is 18.1. The molecule has 0 saturated carbocycles. The molecule has 1 N–H and O–H groups in total. The highest BCUT2D eigenvalue weighted by Crippen LogP contribution is 2.34. The molecule has 2 rings (SSSR count). The standard InChI is InChI=1S/C14H16ClF2NO5S/c1-8-4-9(13(19)20)7-18(6-8)24(21,22)12-5-10(15)2-3-11(12)23-14(16)17/h2-3,5,8-9,14H,4,6-7H2,1H3,(H,19,20). The third-order valence-electron chi connectivity index (χ3n) is 3.72. The number of nitrogens with zero attached hydrogens (tertiary/aromatic N) is 1. The van der Waals surface area contributed by atoms with Gasteiger partial charge in [-0.1, -0.05) is 18.5 Å². The molecule has 0 bridgehead atoms. The first-order valence-corrected chi connectivity index (χ1v) is 8.90. The van der Waals surface area contributed by atoms with E-state index in [0.29, 0.717) is 6.42 Å². The maximum Gasteiger partial charge on any atom is 0.387 e. The van der Waals surface area contributed by atoms with Crippen molar-refractivity contribution in [1.29, 1.82) is 0 Å². The fraction of sp³-hybridized carbons (Fsp3) is 0.500. The second-order valence-electron chi connectivity index (χ2n) is 5.67. The van der Waals surface area contributed by atoms with Crippen LogP contribution in [0, 0.1) is 11.8 Å². The van der Waals surface area contributed by atoms with Crippen LogP contribution in [-0.2, 0) is 14.8 Å². The number of ether oxygens (including phenoxy) is 1. The molecule has 134 valence electrons. The Morgan fingerprint density at radius 1 is 1.42 bits per heavy atom. The van der Waals surface area contributed by atoms with Crippen LogP contribution in [0.1, 0.15) is 13.3 Å². The molecule has 10 heteroatoms. The Morgan fingerprint density at radius 2 is 2.08 bits per heavy atom. The van der Waals surface area contributed by atoms with Gasteiger partial charge in [0.05, 0.1) is 5.92 Å². The van der Waals surface area contributed by atoms with E-state index in [9.17, 15) is 22.0 Å². The monoisotopic (exact) mass is 383 g/mol. The maximum absolute atomic E-state index is 12.8. The van der Waals surface area contributed by atoms with Gasteiger partial charge in [0.2, 0.25) is 10.0 Å². The SMILES string of the molecule is CC1CC(C(=O)O)CN(S(=O)(=O)c2cc(Cl)ccc2OC(F)F)C1. The van der Waals surface area contributed by atoms with Gasteiger partial charge in [0.15, 0.2) is 0 Å². The van der Waals surface area contributed by atoms with Crippen LogP contribution in [0.2, 0.25) is 5.02 Å². The first kappa shape index (κ1) is 18.9. The molecular weight excluding hydrogens is 368 g/mol. The van der Waals surface area contributed by atoms with Crippen molar-refractivity contribution in [3.05, 3.63) is 23.2 Å². The number of alkyl halides is 2. The van der Waals surface area contributed by atoms with E-state index in [1.807, 2.05) is 0 Å². The van der Waals surface area contributed by atoms with Gasteiger partial charge in [-0.25, -0.2) is 8.42 Å². The van der Waals surface area contributed by atoms with Crippen molar-refractivity contribution in [3.63, 3.8) is 0 Å². The number of benzene rings is 1. The molecule has 2 unspecified atom stereocenters. The zero-order valence-electron chi connectivity index (χ0n) is 12.7. The molecular formula is C14H16ClF2NO5S. The van der Waals surface area contributed by atoms with Gasteiger partial charge in [-0.2, -0.15) is 13.1 Å². The number of rotatable bonds is 5. The Bertz CT molecular complexity index is 728.